The van der Waals surface area contributed by atoms with Crippen molar-refractivity contribution in [3.05, 3.63) is 121 Å². The van der Waals surface area contributed by atoms with Crippen LogP contribution in [0.4, 0.5) is 22.9 Å². The second-order valence-electron chi connectivity index (χ2n) is 19.8. The lowest BCUT2D eigenvalue weighted by molar-refractivity contribution is -0.128. The smallest absolute Gasteiger partial charge is 0.318 e. The number of nitriles is 1. The van der Waals surface area contributed by atoms with Crippen molar-refractivity contribution in [2.75, 3.05) is 88.4 Å². The van der Waals surface area contributed by atoms with Gasteiger partial charge in [-0.3, -0.25) is 14.5 Å². The van der Waals surface area contributed by atoms with Crippen LogP contribution in [-0.4, -0.2) is 137 Å². The number of amides is 1. The molecule has 7 aromatic rings. The Labute approximate surface area is 440 Å². The van der Waals surface area contributed by atoms with Crippen LogP contribution in [0.2, 0.25) is 0 Å². The number of anilines is 4. The van der Waals surface area contributed by atoms with Crippen molar-refractivity contribution in [1.82, 2.24) is 44.8 Å². The van der Waals surface area contributed by atoms with Crippen molar-refractivity contribution < 1.29 is 19.0 Å². The lowest BCUT2D eigenvalue weighted by Gasteiger charge is -2.42. The first kappa shape index (κ1) is 52.1. The SMILES string of the molecule is C=CC(=O)N1CCN(c2nc(OCC3CCCN3C)nc3c2CCN(c2cccc4cccc(C)c24)C3)CC1CC#N.COc1cc(OC)cc(N(CCNC(C)C)c2ccc3ncc(-c4cnn(C)c4)nc3c2)c1. The Morgan fingerprint density at radius 3 is 2.43 bits per heavy atom. The number of hydrogen-bond donors (Lipinski definition) is 1. The maximum absolute atomic E-state index is 12.5. The predicted octanol–water partition coefficient (Wildman–Crippen LogP) is 8.27. The van der Waals surface area contributed by atoms with E-state index in [2.05, 4.69) is 124 Å². The molecule has 2 unspecified atom stereocenters. The summed E-state index contributed by atoms with van der Waals surface area (Å²) in [5.74, 6) is 2.22. The van der Waals surface area contributed by atoms with Crippen LogP contribution in [0, 0.1) is 18.3 Å². The van der Waals surface area contributed by atoms with Crippen LogP contribution in [0.5, 0.6) is 17.5 Å². The topological polar surface area (TPSA) is 166 Å². The van der Waals surface area contributed by atoms with Gasteiger partial charge in [0.15, 0.2) is 0 Å². The number of likely N-dealkylation sites (tertiary alicyclic amines) is 1. The van der Waals surface area contributed by atoms with Gasteiger partial charge in [0.2, 0.25) is 5.91 Å². The molecule has 4 aromatic carbocycles. The van der Waals surface area contributed by atoms with Crippen molar-refractivity contribution in [3.8, 4) is 34.8 Å². The van der Waals surface area contributed by atoms with Crippen LogP contribution in [-0.2, 0) is 24.8 Å². The van der Waals surface area contributed by atoms with Gasteiger partial charge in [-0.05, 0) is 81.1 Å². The van der Waals surface area contributed by atoms with E-state index in [0.717, 1.165) is 101 Å². The fourth-order valence-electron chi connectivity index (χ4n) is 10.5. The molecular weight excluding hydrogens is 943 g/mol. The van der Waals surface area contributed by atoms with Gasteiger partial charge in [0.05, 0.1) is 74.1 Å². The number of likely N-dealkylation sites (N-methyl/N-ethyl adjacent to an activating group) is 1. The van der Waals surface area contributed by atoms with Crippen LogP contribution < -0.4 is 34.2 Å². The van der Waals surface area contributed by atoms with Crippen molar-refractivity contribution >= 4 is 50.6 Å². The molecule has 0 spiro atoms. The van der Waals surface area contributed by atoms with E-state index in [0.29, 0.717) is 50.9 Å². The molecule has 1 N–H and O–H groups in total. The Morgan fingerprint density at radius 1 is 0.920 bits per heavy atom. The summed E-state index contributed by atoms with van der Waals surface area (Å²) in [6, 6.07) is 28.2. The van der Waals surface area contributed by atoms with Gasteiger partial charge >= 0.3 is 6.01 Å². The van der Waals surface area contributed by atoms with E-state index in [-0.39, 0.29) is 18.4 Å². The molecule has 1 amide bonds. The van der Waals surface area contributed by atoms with Crippen molar-refractivity contribution in [2.24, 2.45) is 7.05 Å². The standard InChI is InChI=1S/C33H39N7O2.C25H30N6O2/c1-4-30(41)40-19-18-39(20-25(40)13-15-34)32-27-14-17-38(29-12-6-10-24-9-5-8-23(2)31(24)29)21-28(27)35-33(36-32)42-22-26-11-7-16-37(26)3;1-17(2)26-8-9-31(20-10-21(32-4)13-22(11-20)33-5)19-6-7-23-24(12-19)29-25(15-27-23)18-14-28-30(3)16-18/h4-6,8-10,12,25-26H,1,7,11,13-14,16-22H2,2-3H3;6-7,10-17,26H,8-9H2,1-5H3. The number of piperazine rings is 1. The first-order chi connectivity index (χ1) is 36.4. The third-order valence-electron chi connectivity index (χ3n) is 14.5. The van der Waals surface area contributed by atoms with Gasteiger partial charge in [0, 0.05) is 116 Å². The Bertz CT molecular complexity index is 3160. The van der Waals surface area contributed by atoms with E-state index < -0.39 is 0 Å². The first-order valence-corrected chi connectivity index (χ1v) is 25.9. The summed E-state index contributed by atoms with van der Waals surface area (Å²) >= 11 is 0. The molecule has 2 fully saturated rings. The third-order valence-corrected chi connectivity index (χ3v) is 14.5. The lowest BCUT2D eigenvalue weighted by Crippen LogP contribution is -2.55. The summed E-state index contributed by atoms with van der Waals surface area (Å²) in [6.45, 7) is 16.5. The third kappa shape index (κ3) is 11.9. The van der Waals surface area contributed by atoms with Gasteiger partial charge in [-0.15, -0.1) is 0 Å². The number of nitrogens with one attached hydrogen (secondary N) is 1. The monoisotopic (exact) mass is 1010 g/mol. The summed E-state index contributed by atoms with van der Waals surface area (Å²) in [4.78, 5) is 43.0. The average molecular weight is 1010 g/mol. The maximum atomic E-state index is 12.5. The number of hydrogen-bond acceptors (Lipinski definition) is 15. The highest BCUT2D eigenvalue weighted by molar-refractivity contribution is 5.97. The zero-order chi connectivity index (χ0) is 52.6. The molecule has 0 radical (unpaired) electrons. The van der Waals surface area contributed by atoms with Crippen molar-refractivity contribution in [1.29, 1.82) is 5.26 Å². The Kier molecular flexibility index (Phi) is 16.4. The van der Waals surface area contributed by atoms with E-state index >= 15 is 0 Å². The lowest BCUT2D eigenvalue weighted by atomic mass is 9.99. The molecule has 2 saturated heterocycles. The van der Waals surface area contributed by atoms with Crippen molar-refractivity contribution in [3.63, 3.8) is 0 Å². The number of fused-ring (bicyclic) bond motifs is 3. The van der Waals surface area contributed by atoms with E-state index in [1.807, 2.05) is 37.5 Å². The van der Waals surface area contributed by atoms with Crippen molar-refractivity contribution in [2.45, 2.75) is 71.1 Å². The molecule has 17 heteroatoms. The van der Waals surface area contributed by atoms with Gasteiger partial charge < -0.3 is 44.0 Å². The number of carbonyl (C=O) groups is 1. The second-order valence-corrected chi connectivity index (χ2v) is 19.8. The number of methoxy groups -OCH3 is 2. The molecule has 6 heterocycles. The fraction of sp³-hybridized carbons (Fsp3) is 0.397. The van der Waals surface area contributed by atoms with Gasteiger partial charge in [-0.25, -0.2) is 4.98 Å². The van der Waals surface area contributed by atoms with Gasteiger partial charge in [0.25, 0.3) is 0 Å². The number of ether oxygens (including phenoxy) is 3. The van der Waals surface area contributed by atoms with E-state index in [9.17, 15) is 10.1 Å². The maximum Gasteiger partial charge on any atom is 0.318 e. The highest BCUT2D eigenvalue weighted by atomic mass is 16.5. The van der Waals surface area contributed by atoms with Crippen LogP contribution in [0.3, 0.4) is 0 Å². The largest absolute Gasteiger partial charge is 0.497 e. The van der Waals surface area contributed by atoms with Crippen LogP contribution >= 0.6 is 0 Å². The molecular formula is C58H69N13O4. The van der Waals surface area contributed by atoms with Crippen LogP contribution in [0.15, 0.2) is 104 Å². The Balaban J connectivity index is 0.000000189. The molecule has 0 saturated carbocycles. The molecule has 75 heavy (non-hydrogen) atoms. The minimum atomic E-state index is -0.227. The summed E-state index contributed by atoms with van der Waals surface area (Å²) < 4.78 is 19.1. The van der Waals surface area contributed by atoms with Gasteiger partial charge in [-0.2, -0.15) is 20.3 Å². The number of aromatic nitrogens is 6. The number of nitrogens with zero attached hydrogens (tertiary/aromatic N) is 12. The van der Waals surface area contributed by atoms with E-state index in [4.69, 9.17) is 29.2 Å². The number of rotatable bonds is 16. The minimum absolute atomic E-state index is 0.134. The summed E-state index contributed by atoms with van der Waals surface area (Å²) in [7, 11) is 7.36. The zero-order valence-electron chi connectivity index (χ0n) is 44.4. The quantitative estimate of drug-likeness (QED) is 0.0919. The Morgan fingerprint density at radius 2 is 1.72 bits per heavy atom. The molecule has 3 aromatic heterocycles. The van der Waals surface area contributed by atoms with E-state index in [1.165, 1.54) is 34.5 Å². The zero-order valence-corrected chi connectivity index (χ0v) is 44.4. The highest BCUT2D eigenvalue weighted by Crippen LogP contribution is 2.37. The predicted molar refractivity (Wildman–Crippen MR) is 296 cm³/mol. The number of benzene rings is 4. The first-order valence-electron chi connectivity index (χ1n) is 25.9. The molecule has 17 nitrogen and oxygen atoms in total. The average Bonchev–Trinajstić information content (AvgIpc) is 4.07. The normalized spacial score (nSPS) is 16.6. The molecule has 10 rings (SSSR count). The molecule has 3 aliphatic heterocycles. The highest BCUT2D eigenvalue weighted by Gasteiger charge is 2.34. The van der Waals surface area contributed by atoms with Gasteiger partial charge in [0.1, 0.15) is 23.9 Å². The number of aryl methyl sites for hydroxylation is 2. The van der Waals surface area contributed by atoms with Gasteiger partial charge in [-0.1, -0.05) is 50.8 Å². The summed E-state index contributed by atoms with van der Waals surface area (Å²) in [5, 5.41) is 19.8. The molecule has 0 bridgehead atoms. The molecule has 390 valence electrons. The fourth-order valence-corrected chi connectivity index (χ4v) is 10.5. The van der Waals surface area contributed by atoms with Crippen LogP contribution in [0.25, 0.3) is 33.1 Å². The second kappa shape index (κ2) is 23.6. The van der Waals surface area contributed by atoms with E-state index in [1.54, 1.807) is 36.2 Å². The molecule has 0 aliphatic carbocycles. The van der Waals surface area contributed by atoms with Crippen LogP contribution in [0.1, 0.15) is 49.9 Å². The summed E-state index contributed by atoms with van der Waals surface area (Å²) in [5.41, 5.74) is 9.99. The number of carbonyl (C=O) groups excluding carboxylic acids is 1. The minimum Gasteiger partial charge on any atom is -0.497 e. The molecule has 2 atom stereocenters. The molecule has 3 aliphatic rings. The Hall–Kier alpha value is -7.81. The summed E-state index contributed by atoms with van der Waals surface area (Å²) in [6.07, 6.45) is 10.2.